The van der Waals surface area contributed by atoms with Gasteiger partial charge < -0.3 is 0 Å². The van der Waals surface area contributed by atoms with E-state index in [0.29, 0.717) is 0 Å². The third kappa shape index (κ3) is 2.62. The van der Waals surface area contributed by atoms with Crippen molar-refractivity contribution in [2.75, 3.05) is 0 Å². The Hall–Kier alpha value is -2.22. The predicted molar refractivity (Wildman–Crippen MR) is 85.5 cm³/mol. The van der Waals surface area contributed by atoms with Crippen LogP contribution in [-0.2, 0) is 0 Å². The molecule has 0 radical (unpaired) electrons. The Kier molecular flexibility index (Phi) is 3.61. The van der Waals surface area contributed by atoms with Gasteiger partial charge in [0.2, 0.25) is 0 Å². The van der Waals surface area contributed by atoms with E-state index in [0.717, 1.165) is 11.1 Å². The summed E-state index contributed by atoms with van der Waals surface area (Å²) < 4.78 is 0. The van der Waals surface area contributed by atoms with E-state index in [9.17, 15) is 0 Å². The van der Waals surface area contributed by atoms with E-state index < -0.39 is 8.07 Å². The van der Waals surface area contributed by atoms with Gasteiger partial charge in [-0.05, 0) is 24.3 Å². The third-order valence-electron chi connectivity index (χ3n) is 3.55. The Morgan fingerprint density at radius 3 is 1.26 bits per heavy atom. The van der Waals surface area contributed by atoms with E-state index in [-0.39, 0.29) is 0 Å². The summed E-state index contributed by atoms with van der Waals surface area (Å²) in [4.78, 5) is 0. The van der Waals surface area contributed by atoms with Crippen molar-refractivity contribution >= 4 is 18.4 Å². The second kappa shape index (κ2) is 5.18. The molecule has 0 aliphatic heterocycles. The van der Waals surface area contributed by atoms with Gasteiger partial charge in [-0.25, -0.2) is 0 Å². The molecular formula is C18H16Si. The van der Waals surface area contributed by atoms with Gasteiger partial charge in [-0.2, -0.15) is 0 Å². The van der Waals surface area contributed by atoms with Gasteiger partial charge in [0.25, 0.3) is 0 Å². The number of rotatable bonds is 2. The normalized spacial score (nSPS) is 10.5. The highest BCUT2D eigenvalue weighted by atomic mass is 28.3. The summed E-state index contributed by atoms with van der Waals surface area (Å²) in [5.41, 5.74) is 1.85. The molecule has 2 aromatic rings. The summed E-state index contributed by atoms with van der Waals surface area (Å²) in [5.74, 6) is 5.31. The highest BCUT2D eigenvalue weighted by molar-refractivity contribution is 7.00. The van der Waals surface area contributed by atoms with Crippen molar-refractivity contribution in [1.82, 2.24) is 0 Å². The minimum Gasteiger partial charge on any atom is -0.115 e. The van der Waals surface area contributed by atoms with E-state index in [2.05, 4.69) is 49.2 Å². The molecule has 0 saturated carbocycles. The van der Waals surface area contributed by atoms with Gasteiger partial charge in [0.05, 0.1) is 0 Å². The molecule has 0 bridgehead atoms. The highest BCUT2D eigenvalue weighted by Gasteiger charge is 2.25. The zero-order chi connectivity index (χ0) is 13.9. The SMILES string of the molecule is C#Cc1ccc([Si](C)(C)c2ccc(C#C)cc2)cc1. The lowest BCUT2D eigenvalue weighted by atomic mass is 10.2. The number of hydrogen-bond acceptors (Lipinski definition) is 0. The van der Waals surface area contributed by atoms with Gasteiger partial charge in [-0.15, -0.1) is 12.8 Å². The van der Waals surface area contributed by atoms with Crippen LogP contribution < -0.4 is 10.4 Å². The van der Waals surface area contributed by atoms with Crippen molar-refractivity contribution in [3.05, 3.63) is 59.7 Å². The molecule has 0 aromatic heterocycles. The van der Waals surface area contributed by atoms with Crippen molar-refractivity contribution in [3.8, 4) is 24.7 Å². The minimum atomic E-state index is -1.66. The fourth-order valence-corrected chi connectivity index (χ4v) is 4.47. The lowest BCUT2D eigenvalue weighted by Gasteiger charge is -2.23. The monoisotopic (exact) mass is 260 g/mol. The summed E-state index contributed by atoms with van der Waals surface area (Å²) in [6.45, 7) is 4.67. The Labute approximate surface area is 116 Å². The van der Waals surface area contributed by atoms with Crippen molar-refractivity contribution in [2.24, 2.45) is 0 Å². The van der Waals surface area contributed by atoms with E-state index in [1.165, 1.54) is 10.4 Å². The summed E-state index contributed by atoms with van der Waals surface area (Å²) in [6, 6.07) is 16.7. The highest BCUT2D eigenvalue weighted by Crippen LogP contribution is 2.07. The Morgan fingerprint density at radius 1 is 0.684 bits per heavy atom. The first-order valence-electron chi connectivity index (χ1n) is 6.22. The van der Waals surface area contributed by atoms with Crippen LogP contribution in [0, 0.1) is 24.7 Å². The first-order valence-corrected chi connectivity index (χ1v) is 9.22. The molecule has 0 saturated heterocycles. The van der Waals surface area contributed by atoms with Crippen LogP contribution in [0.2, 0.25) is 13.1 Å². The first kappa shape index (κ1) is 13.2. The predicted octanol–water partition coefficient (Wildman–Crippen LogP) is 2.47. The molecule has 0 amide bonds. The second-order valence-electron chi connectivity index (χ2n) is 5.07. The molecule has 2 aromatic carbocycles. The smallest absolute Gasteiger partial charge is 0.112 e. The zero-order valence-electron chi connectivity index (χ0n) is 11.3. The summed E-state index contributed by atoms with van der Waals surface area (Å²) in [6.07, 6.45) is 10.8. The molecule has 92 valence electrons. The lowest BCUT2D eigenvalue weighted by molar-refractivity contribution is 1.63. The number of benzene rings is 2. The quantitative estimate of drug-likeness (QED) is 0.575. The van der Waals surface area contributed by atoms with Gasteiger partial charge in [-0.1, -0.05) is 59.6 Å². The van der Waals surface area contributed by atoms with Crippen molar-refractivity contribution in [3.63, 3.8) is 0 Å². The largest absolute Gasteiger partial charge is 0.115 e. The molecule has 0 aliphatic rings. The summed E-state index contributed by atoms with van der Waals surface area (Å²) in [7, 11) is -1.66. The summed E-state index contributed by atoms with van der Waals surface area (Å²) in [5, 5.41) is 2.75. The van der Waals surface area contributed by atoms with Crippen LogP contribution in [0.3, 0.4) is 0 Å². The molecular weight excluding hydrogens is 244 g/mol. The van der Waals surface area contributed by atoms with Crippen LogP contribution in [0.5, 0.6) is 0 Å². The number of terminal acetylenes is 2. The molecule has 19 heavy (non-hydrogen) atoms. The molecule has 0 N–H and O–H groups in total. The Balaban J connectivity index is 2.40. The maximum absolute atomic E-state index is 5.39. The topological polar surface area (TPSA) is 0 Å². The van der Waals surface area contributed by atoms with Crippen molar-refractivity contribution in [1.29, 1.82) is 0 Å². The second-order valence-corrected chi connectivity index (χ2v) is 9.47. The van der Waals surface area contributed by atoms with Crippen LogP contribution in [-0.4, -0.2) is 8.07 Å². The Bertz CT molecular complexity index is 587. The molecule has 0 heterocycles. The maximum Gasteiger partial charge on any atom is 0.112 e. The molecule has 0 aliphatic carbocycles. The van der Waals surface area contributed by atoms with Gasteiger partial charge in [0, 0.05) is 11.1 Å². The van der Waals surface area contributed by atoms with E-state index >= 15 is 0 Å². The van der Waals surface area contributed by atoms with Gasteiger partial charge in [0.15, 0.2) is 0 Å². The Morgan fingerprint density at radius 2 is 1.00 bits per heavy atom. The van der Waals surface area contributed by atoms with E-state index in [1.807, 2.05) is 24.3 Å². The first-order chi connectivity index (χ1) is 9.07. The van der Waals surface area contributed by atoms with Gasteiger partial charge >= 0.3 is 0 Å². The van der Waals surface area contributed by atoms with Gasteiger partial charge in [-0.3, -0.25) is 0 Å². The van der Waals surface area contributed by atoms with Crippen molar-refractivity contribution < 1.29 is 0 Å². The van der Waals surface area contributed by atoms with Crippen molar-refractivity contribution in [2.45, 2.75) is 13.1 Å². The van der Waals surface area contributed by atoms with E-state index in [4.69, 9.17) is 12.8 Å². The molecule has 0 nitrogen and oxygen atoms in total. The standard InChI is InChI=1S/C18H16Si/c1-5-15-7-11-17(12-8-15)19(3,4)18-13-9-16(6-2)10-14-18/h1-2,7-14H,3-4H3. The van der Waals surface area contributed by atoms with Gasteiger partial charge in [0.1, 0.15) is 8.07 Å². The maximum atomic E-state index is 5.39. The molecule has 0 spiro atoms. The van der Waals surface area contributed by atoms with E-state index in [1.54, 1.807) is 0 Å². The lowest BCUT2D eigenvalue weighted by Crippen LogP contribution is -2.52. The fraction of sp³-hybridized carbons (Fsp3) is 0.111. The minimum absolute atomic E-state index is 0.927. The third-order valence-corrected chi connectivity index (χ3v) is 7.10. The summed E-state index contributed by atoms with van der Waals surface area (Å²) >= 11 is 0. The number of hydrogen-bond donors (Lipinski definition) is 0. The average molecular weight is 260 g/mol. The molecule has 2 rings (SSSR count). The van der Waals surface area contributed by atoms with Crippen LogP contribution in [0.4, 0.5) is 0 Å². The van der Waals surface area contributed by atoms with Crippen LogP contribution >= 0.6 is 0 Å². The zero-order valence-corrected chi connectivity index (χ0v) is 12.3. The average Bonchev–Trinajstić information content (AvgIpc) is 2.47. The fourth-order valence-electron chi connectivity index (χ4n) is 2.13. The molecule has 0 fully saturated rings. The molecule has 0 unspecified atom stereocenters. The molecule has 0 atom stereocenters. The van der Waals surface area contributed by atoms with Crippen LogP contribution in [0.1, 0.15) is 11.1 Å². The van der Waals surface area contributed by atoms with Crippen LogP contribution in [0.25, 0.3) is 0 Å². The molecule has 1 heteroatoms. The van der Waals surface area contributed by atoms with Crippen LogP contribution in [0.15, 0.2) is 48.5 Å².